The molecular formula is C30H22BrN. The molecule has 0 fully saturated rings. The zero-order valence-corrected chi connectivity index (χ0v) is 19.2. The fraction of sp³-hybridized carbons (Fsp3) is 0.0667. The minimum absolute atomic E-state index is 1.06. The SMILES string of the molecule is Brc1ccc(-c2cccc(-c3ccccc3-n3c4c(c5ccccc53)C=CCC4)c2)cc1. The van der Waals surface area contributed by atoms with E-state index in [1.165, 1.54) is 50.1 Å². The molecule has 6 rings (SSSR count). The first-order valence-electron chi connectivity index (χ1n) is 11.0. The van der Waals surface area contributed by atoms with Crippen LogP contribution >= 0.6 is 15.9 Å². The number of aromatic nitrogens is 1. The third-order valence-electron chi connectivity index (χ3n) is 6.34. The maximum atomic E-state index is 3.54. The van der Waals surface area contributed by atoms with Crippen LogP contribution in [0.4, 0.5) is 0 Å². The molecule has 0 atom stereocenters. The van der Waals surface area contributed by atoms with Gasteiger partial charge in [-0.25, -0.2) is 0 Å². The number of hydrogen-bond acceptors (Lipinski definition) is 0. The molecule has 0 saturated carbocycles. The first-order chi connectivity index (χ1) is 15.8. The van der Waals surface area contributed by atoms with E-state index in [9.17, 15) is 0 Å². The Morgan fingerprint density at radius 2 is 1.47 bits per heavy atom. The highest BCUT2D eigenvalue weighted by atomic mass is 79.9. The normalized spacial score (nSPS) is 12.8. The van der Waals surface area contributed by atoms with Gasteiger partial charge < -0.3 is 4.57 Å². The van der Waals surface area contributed by atoms with E-state index >= 15 is 0 Å². The number of fused-ring (bicyclic) bond motifs is 3. The Bertz CT molecular complexity index is 1470. The van der Waals surface area contributed by atoms with Crippen molar-refractivity contribution in [3.8, 4) is 27.9 Å². The second-order valence-corrected chi connectivity index (χ2v) is 9.17. The third kappa shape index (κ3) is 3.23. The van der Waals surface area contributed by atoms with Crippen LogP contribution in [0.5, 0.6) is 0 Å². The maximum absolute atomic E-state index is 3.54. The molecule has 1 aliphatic carbocycles. The summed E-state index contributed by atoms with van der Waals surface area (Å²) < 4.78 is 3.58. The van der Waals surface area contributed by atoms with Crippen molar-refractivity contribution in [2.45, 2.75) is 12.8 Å². The second-order valence-electron chi connectivity index (χ2n) is 8.26. The van der Waals surface area contributed by atoms with Crippen molar-refractivity contribution < 1.29 is 0 Å². The Hall–Kier alpha value is -3.36. The summed E-state index contributed by atoms with van der Waals surface area (Å²) in [4.78, 5) is 0. The van der Waals surface area contributed by atoms with E-state index in [2.05, 4.69) is 130 Å². The van der Waals surface area contributed by atoms with Gasteiger partial charge in [0.25, 0.3) is 0 Å². The molecule has 0 amide bonds. The molecule has 0 aliphatic heterocycles. The molecule has 0 unspecified atom stereocenters. The van der Waals surface area contributed by atoms with E-state index in [0.717, 1.165) is 17.3 Å². The van der Waals surface area contributed by atoms with Gasteiger partial charge in [-0.2, -0.15) is 0 Å². The summed E-state index contributed by atoms with van der Waals surface area (Å²) in [5.41, 5.74) is 10.2. The van der Waals surface area contributed by atoms with Gasteiger partial charge in [-0.3, -0.25) is 0 Å². The van der Waals surface area contributed by atoms with Crippen LogP contribution in [0, 0.1) is 0 Å². The van der Waals surface area contributed by atoms with E-state index in [1.807, 2.05) is 0 Å². The number of allylic oxidation sites excluding steroid dienone is 1. The monoisotopic (exact) mass is 475 g/mol. The lowest BCUT2D eigenvalue weighted by molar-refractivity contribution is 0.889. The highest BCUT2D eigenvalue weighted by molar-refractivity contribution is 9.10. The summed E-state index contributed by atoms with van der Waals surface area (Å²) >= 11 is 3.54. The Kier molecular flexibility index (Phi) is 4.81. The van der Waals surface area contributed by atoms with E-state index in [-0.39, 0.29) is 0 Å². The minimum Gasteiger partial charge on any atom is -0.312 e. The van der Waals surface area contributed by atoms with Crippen LogP contribution in [-0.4, -0.2) is 4.57 Å². The van der Waals surface area contributed by atoms with Gasteiger partial charge in [0.1, 0.15) is 0 Å². The number of nitrogens with zero attached hydrogens (tertiary/aromatic N) is 1. The van der Waals surface area contributed by atoms with Gasteiger partial charge in [-0.15, -0.1) is 0 Å². The molecule has 1 aromatic heterocycles. The quantitative estimate of drug-likeness (QED) is 0.246. The molecule has 1 aliphatic rings. The van der Waals surface area contributed by atoms with Crippen LogP contribution in [0.15, 0.2) is 108 Å². The number of benzene rings is 4. The summed E-state index contributed by atoms with van der Waals surface area (Å²) in [6.07, 6.45) is 6.75. The van der Waals surface area contributed by atoms with Crippen molar-refractivity contribution in [3.63, 3.8) is 0 Å². The average molecular weight is 476 g/mol. The molecule has 2 heteroatoms. The van der Waals surface area contributed by atoms with Crippen molar-refractivity contribution in [1.82, 2.24) is 4.57 Å². The zero-order valence-electron chi connectivity index (χ0n) is 17.6. The van der Waals surface area contributed by atoms with E-state index in [4.69, 9.17) is 0 Å². The molecule has 32 heavy (non-hydrogen) atoms. The Labute approximate surface area is 196 Å². The van der Waals surface area contributed by atoms with E-state index in [0.29, 0.717) is 0 Å². The van der Waals surface area contributed by atoms with Gasteiger partial charge in [0.05, 0.1) is 11.2 Å². The number of rotatable bonds is 3. The molecule has 5 aromatic rings. The fourth-order valence-electron chi connectivity index (χ4n) is 4.87. The molecular weight excluding hydrogens is 454 g/mol. The summed E-state index contributed by atoms with van der Waals surface area (Å²) in [7, 11) is 0. The van der Waals surface area contributed by atoms with Gasteiger partial charge in [0.2, 0.25) is 0 Å². The second kappa shape index (κ2) is 7.96. The van der Waals surface area contributed by atoms with E-state index in [1.54, 1.807) is 0 Å². The minimum atomic E-state index is 1.06. The summed E-state index contributed by atoms with van der Waals surface area (Å²) in [5, 5.41) is 1.33. The van der Waals surface area contributed by atoms with Gasteiger partial charge in [0, 0.05) is 26.7 Å². The lowest BCUT2D eigenvalue weighted by Gasteiger charge is -2.17. The van der Waals surface area contributed by atoms with Gasteiger partial charge in [-0.1, -0.05) is 94.8 Å². The third-order valence-corrected chi connectivity index (χ3v) is 6.87. The largest absolute Gasteiger partial charge is 0.312 e. The molecule has 0 bridgehead atoms. The first kappa shape index (κ1) is 19.3. The Morgan fingerprint density at radius 3 is 2.38 bits per heavy atom. The molecule has 0 N–H and O–H groups in total. The van der Waals surface area contributed by atoms with Crippen LogP contribution in [0.25, 0.3) is 44.9 Å². The number of halogens is 1. The topological polar surface area (TPSA) is 4.93 Å². The van der Waals surface area contributed by atoms with Crippen molar-refractivity contribution >= 4 is 32.9 Å². The van der Waals surface area contributed by atoms with Crippen LogP contribution in [-0.2, 0) is 6.42 Å². The Morgan fingerprint density at radius 1 is 0.688 bits per heavy atom. The number of para-hydroxylation sites is 2. The van der Waals surface area contributed by atoms with Crippen molar-refractivity contribution in [2.24, 2.45) is 0 Å². The van der Waals surface area contributed by atoms with Crippen molar-refractivity contribution in [2.75, 3.05) is 0 Å². The molecule has 4 aromatic carbocycles. The van der Waals surface area contributed by atoms with Crippen LogP contribution in [0.1, 0.15) is 17.7 Å². The average Bonchev–Trinajstić information content (AvgIpc) is 3.19. The molecule has 1 heterocycles. The highest BCUT2D eigenvalue weighted by Gasteiger charge is 2.20. The van der Waals surface area contributed by atoms with Crippen molar-refractivity contribution in [1.29, 1.82) is 0 Å². The summed E-state index contributed by atoms with van der Waals surface area (Å²) in [6.45, 7) is 0. The van der Waals surface area contributed by atoms with E-state index < -0.39 is 0 Å². The number of hydrogen-bond donors (Lipinski definition) is 0. The maximum Gasteiger partial charge on any atom is 0.0537 e. The molecule has 0 spiro atoms. The predicted molar refractivity (Wildman–Crippen MR) is 139 cm³/mol. The van der Waals surface area contributed by atoms with Crippen molar-refractivity contribution in [3.05, 3.63) is 119 Å². The zero-order chi connectivity index (χ0) is 21.5. The van der Waals surface area contributed by atoms with Gasteiger partial charge >= 0.3 is 0 Å². The van der Waals surface area contributed by atoms with Gasteiger partial charge in [0.15, 0.2) is 0 Å². The van der Waals surface area contributed by atoms with Crippen LogP contribution in [0.2, 0.25) is 0 Å². The lowest BCUT2D eigenvalue weighted by Crippen LogP contribution is -2.04. The van der Waals surface area contributed by atoms with Crippen LogP contribution < -0.4 is 0 Å². The lowest BCUT2D eigenvalue weighted by atomic mass is 9.97. The standard InChI is InChI=1S/C30H22BrN/c31-24-18-16-21(17-19-24)22-8-7-9-23(20-22)25-10-1-4-13-28(25)32-29-14-5-2-11-26(29)27-12-3-6-15-30(27)32/h1-5,7-14,16-20H,6,15H2. The smallest absolute Gasteiger partial charge is 0.0537 e. The molecule has 1 nitrogen and oxygen atoms in total. The first-order valence-corrected chi connectivity index (χ1v) is 11.8. The predicted octanol–water partition coefficient (Wildman–Crippen LogP) is 8.69. The van der Waals surface area contributed by atoms with Gasteiger partial charge in [-0.05, 0) is 59.9 Å². The Balaban J connectivity index is 1.56. The highest BCUT2D eigenvalue weighted by Crippen LogP contribution is 2.38. The molecule has 154 valence electrons. The fourth-order valence-corrected chi connectivity index (χ4v) is 5.13. The summed E-state index contributed by atoms with van der Waals surface area (Å²) in [6, 6.07) is 35.0. The van der Waals surface area contributed by atoms with Crippen LogP contribution in [0.3, 0.4) is 0 Å². The molecule has 0 radical (unpaired) electrons. The summed E-state index contributed by atoms with van der Waals surface area (Å²) in [5.74, 6) is 0. The molecule has 0 saturated heterocycles.